The first-order valence-corrected chi connectivity index (χ1v) is 29.5. The third-order valence-corrected chi connectivity index (χ3v) is 20.0. The van der Waals surface area contributed by atoms with Crippen LogP contribution in [0.25, 0.3) is 33.1 Å². The largest absolute Gasteiger partial charge is 0.508 e. The fourth-order valence-electron chi connectivity index (χ4n) is 15.8. The third-order valence-electron chi connectivity index (χ3n) is 20.0. The Kier molecular flexibility index (Phi) is 12.8. The molecule has 5 aromatic rings. The maximum atomic E-state index is 17.6. The molecule has 78 heavy (non-hydrogen) atoms. The van der Waals surface area contributed by atoms with E-state index in [-0.39, 0.29) is 63.9 Å². The Morgan fingerprint density at radius 1 is 0.872 bits per heavy atom. The second kappa shape index (κ2) is 19.9. The van der Waals surface area contributed by atoms with Gasteiger partial charge in [0.25, 0.3) is 0 Å². The molecule has 2 aliphatic carbocycles. The Morgan fingerprint density at radius 2 is 1.71 bits per heavy atom. The number of carbonyl (C=O) groups is 3. The number of imide groups is 1. The number of nitrogens with one attached hydrogen (secondary N) is 1. The maximum Gasteiger partial charge on any atom is 0.409 e. The predicted octanol–water partition coefficient (Wildman–Crippen LogP) is 8.38. The molecule has 14 rings (SSSR count). The molecule has 4 atom stereocenters. The van der Waals surface area contributed by atoms with Gasteiger partial charge >= 0.3 is 12.1 Å². The first-order chi connectivity index (χ1) is 38.0. The Bertz CT molecular complexity index is 3200. The number of aromatic nitrogens is 5. The molecule has 2 N–H and O–H groups in total. The van der Waals surface area contributed by atoms with Crippen molar-refractivity contribution in [2.45, 2.75) is 151 Å². The number of amides is 3. The second-order valence-electron chi connectivity index (χ2n) is 24.6. The molecule has 1 spiro atoms. The van der Waals surface area contributed by atoms with Crippen LogP contribution in [0.2, 0.25) is 0 Å². The zero-order valence-corrected chi connectivity index (χ0v) is 45.1. The Balaban J connectivity index is 0.602. The number of likely N-dealkylation sites (tertiary alicyclic amines) is 1. The minimum absolute atomic E-state index is 0.0237. The van der Waals surface area contributed by atoms with E-state index in [1.807, 2.05) is 22.7 Å². The highest BCUT2D eigenvalue weighted by Gasteiger charge is 2.51. The predicted molar refractivity (Wildman–Crippen MR) is 291 cm³/mol. The highest BCUT2D eigenvalue weighted by Crippen LogP contribution is 2.59. The summed E-state index contributed by atoms with van der Waals surface area (Å²) < 4.78 is 38.4. The van der Waals surface area contributed by atoms with Crippen molar-refractivity contribution in [2.24, 2.45) is 18.9 Å². The van der Waals surface area contributed by atoms with Gasteiger partial charge in [-0.05, 0) is 181 Å². The number of phenolic OH excluding ortho intramolecular Hbond substituents is 1. The van der Waals surface area contributed by atoms with E-state index in [9.17, 15) is 19.5 Å². The minimum Gasteiger partial charge on any atom is -0.508 e. The standard InChI is InChI=1S/C60H73FN10O7/c1-67-47-31-39(6-8-43(47)52(66-67)44-9-11-48(73)63-56(44)74)68-24-13-36(14-25-68)29-37-15-26-69(27-16-37)58(75)77-34-41-12-19-60(18-3-23-71(41)60)35-78-57-64-54-49-46(10-7-40-33-76-28-4-22-70(40)55(49)65-57)62-53(51(54)61)45-32-42(72)30-38-5-2-17-59(20-21-59)50(38)45/h6,8,30-32,36-37,40-41,44,72H,2-5,7,9-29,33-35H2,1H3,(H,63,73,74)/t40-,41-,44?,60-/m0/s1. The highest BCUT2D eigenvalue weighted by molar-refractivity contribution is 6.03. The van der Waals surface area contributed by atoms with Crippen molar-refractivity contribution in [1.82, 2.24) is 39.8 Å². The monoisotopic (exact) mass is 1060 g/mol. The maximum absolute atomic E-state index is 17.6. The summed E-state index contributed by atoms with van der Waals surface area (Å²) in [6.45, 7) is 6.95. The van der Waals surface area contributed by atoms with Crippen molar-refractivity contribution in [3.05, 3.63) is 58.7 Å². The normalized spacial score (nSPS) is 26.4. The molecule has 10 heterocycles. The molecule has 3 aromatic heterocycles. The second-order valence-corrected chi connectivity index (χ2v) is 24.6. The summed E-state index contributed by atoms with van der Waals surface area (Å²) >= 11 is 0. The van der Waals surface area contributed by atoms with Gasteiger partial charge in [0, 0.05) is 75.5 Å². The third kappa shape index (κ3) is 8.91. The summed E-state index contributed by atoms with van der Waals surface area (Å²) in [4.78, 5) is 62.5. The first-order valence-electron chi connectivity index (χ1n) is 29.5. The fourth-order valence-corrected chi connectivity index (χ4v) is 15.8. The van der Waals surface area contributed by atoms with Crippen LogP contribution >= 0.6 is 0 Å². The number of aromatic hydroxyl groups is 1. The smallest absolute Gasteiger partial charge is 0.409 e. The molecule has 17 nitrogen and oxygen atoms in total. The lowest BCUT2D eigenvalue weighted by atomic mass is 9.76. The summed E-state index contributed by atoms with van der Waals surface area (Å²) in [5.74, 6) is 0.656. The number of ether oxygens (including phenoxy) is 3. The Hall–Kier alpha value is -6.14. The molecule has 0 bridgehead atoms. The van der Waals surface area contributed by atoms with Gasteiger partial charge in [-0.1, -0.05) is 0 Å². The number of rotatable bonds is 10. The SMILES string of the molecule is Cn1nc(C2CCC(=O)NC2=O)c2ccc(N3CCC(CC4CCN(C(=O)OC[C@@H]5CC[C@]6(COc7nc8c9c(nc(-c%10cc(O)cc%11c%10C%10(CCC%11)CC%10)c(F)c9n7)CC[C@H]7COCCCN87)CCCN56)CC4)CC3)cc21. The molecule has 412 valence electrons. The van der Waals surface area contributed by atoms with Crippen molar-refractivity contribution < 1.29 is 38.1 Å². The molecular formula is C60H73FN10O7. The lowest BCUT2D eigenvalue weighted by molar-refractivity contribution is -0.134. The average molecular weight is 1070 g/mol. The van der Waals surface area contributed by atoms with Crippen LogP contribution in [-0.4, -0.2) is 141 Å². The molecule has 9 aliphatic rings. The van der Waals surface area contributed by atoms with Gasteiger partial charge in [-0.2, -0.15) is 15.1 Å². The van der Waals surface area contributed by atoms with Crippen LogP contribution in [0, 0.1) is 17.7 Å². The Morgan fingerprint density at radius 3 is 2.53 bits per heavy atom. The average Bonchev–Trinajstić information content (AvgIpc) is 4.16. The summed E-state index contributed by atoms with van der Waals surface area (Å²) in [5, 5.41) is 19.9. The van der Waals surface area contributed by atoms with E-state index in [1.54, 1.807) is 6.07 Å². The minimum atomic E-state index is -0.492. The van der Waals surface area contributed by atoms with Crippen LogP contribution in [0.4, 0.5) is 20.7 Å². The van der Waals surface area contributed by atoms with E-state index in [2.05, 4.69) is 38.2 Å². The number of hydrogen-bond donors (Lipinski definition) is 2. The summed E-state index contributed by atoms with van der Waals surface area (Å²) in [5.41, 5.74) is 6.88. The van der Waals surface area contributed by atoms with E-state index < -0.39 is 11.7 Å². The van der Waals surface area contributed by atoms with Crippen LogP contribution in [0.3, 0.4) is 0 Å². The van der Waals surface area contributed by atoms with Crippen molar-refractivity contribution in [1.29, 1.82) is 0 Å². The topological polar surface area (TPSA) is 181 Å². The lowest BCUT2D eigenvalue weighted by Crippen LogP contribution is -2.48. The van der Waals surface area contributed by atoms with E-state index in [1.165, 1.54) is 12.1 Å². The van der Waals surface area contributed by atoms with Crippen LogP contribution < -0.4 is 19.9 Å². The van der Waals surface area contributed by atoms with Gasteiger partial charge in [0.05, 0.1) is 46.4 Å². The molecule has 7 aliphatic heterocycles. The van der Waals surface area contributed by atoms with Crippen molar-refractivity contribution in [3.8, 4) is 23.0 Å². The first kappa shape index (κ1) is 50.1. The molecule has 6 saturated heterocycles. The number of piperidine rings is 3. The van der Waals surface area contributed by atoms with Crippen LogP contribution in [0.1, 0.15) is 138 Å². The van der Waals surface area contributed by atoms with Crippen LogP contribution in [0.5, 0.6) is 11.8 Å². The van der Waals surface area contributed by atoms with Gasteiger partial charge < -0.3 is 34.0 Å². The van der Waals surface area contributed by atoms with Crippen LogP contribution in [0.15, 0.2) is 30.3 Å². The van der Waals surface area contributed by atoms with E-state index in [0.717, 1.165) is 169 Å². The molecule has 7 fully saturated rings. The Labute approximate surface area is 454 Å². The number of aryl methyl sites for hydroxylation is 3. The summed E-state index contributed by atoms with van der Waals surface area (Å²) in [6, 6.07) is 10.3. The van der Waals surface area contributed by atoms with E-state index in [4.69, 9.17) is 34.3 Å². The molecule has 1 unspecified atom stereocenters. The number of fused-ring (bicyclic) bond motifs is 6. The quantitative estimate of drug-likeness (QED) is 0.127. The number of nitrogens with zero attached hydrogens (tertiary/aromatic N) is 9. The van der Waals surface area contributed by atoms with Crippen molar-refractivity contribution in [2.75, 3.05) is 75.5 Å². The number of carbonyl (C=O) groups excluding carboxylic acids is 3. The molecule has 3 amide bonds. The molecule has 18 heteroatoms. The molecular weight excluding hydrogens is 992 g/mol. The van der Waals surface area contributed by atoms with Gasteiger partial charge in [0.2, 0.25) is 11.8 Å². The van der Waals surface area contributed by atoms with E-state index >= 15 is 4.39 Å². The van der Waals surface area contributed by atoms with Gasteiger partial charge in [-0.15, -0.1) is 0 Å². The van der Waals surface area contributed by atoms with Crippen molar-refractivity contribution >= 4 is 51.2 Å². The molecule has 2 aromatic carbocycles. The number of pyridine rings is 1. The van der Waals surface area contributed by atoms with Gasteiger partial charge in [0.1, 0.15) is 36.0 Å². The van der Waals surface area contributed by atoms with Gasteiger partial charge in [0.15, 0.2) is 5.82 Å². The number of phenols is 1. The van der Waals surface area contributed by atoms with E-state index in [0.29, 0.717) is 74.3 Å². The van der Waals surface area contributed by atoms with Crippen LogP contribution in [-0.2, 0) is 44.4 Å². The number of benzene rings is 2. The highest BCUT2D eigenvalue weighted by atomic mass is 19.1. The van der Waals surface area contributed by atoms with Gasteiger partial charge in [-0.3, -0.25) is 24.5 Å². The zero-order valence-electron chi connectivity index (χ0n) is 45.1. The number of anilines is 2. The number of hydrogen-bond acceptors (Lipinski definition) is 14. The van der Waals surface area contributed by atoms with Gasteiger partial charge in [-0.25, -0.2) is 14.2 Å². The molecule has 1 saturated carbocycles. The summed E-state index contributed by atoms with van der Waals surface area (Å²) in [7, 11) is 1.92. The van der Waals surface area contributed by atoms with Crippen molar-refractivity contribution in [3.63, 3.8) is 0 Å². The zero-order chi connectivity index (χ0) is 52.9. The molecule has 0 radical (unpaired) electrons. The fraction of sp³-hybridized carbons (Fsp3) is 0.617. The number of halogens is 1. The summed E-state index contributed by atoms with van der Waals surface area (Å²) in [6.07, 6.45) is 17.2. The lowest BCUT2D eigenvalue weighted by Gasteiger charge is -2.37.